The third-order valence-electron chi connectivity index (χ3n) is 4.03. The summed E-state index contributed by atoms with van der Waals surface area (Å²) in [5.74, 6) is 0.722. The highest BCUT2D eigenvalue weighted by molar-refractivity contribution is 6.31. The maximum Gasteiger partial charge on any atom is 0.0498 e. The Balaban J connectivity index is 1.88. The minimum Gasteiger partial charge on any atom is -0.347 e. The molecule has 1 aromatic heterocycles. The molecule has 1 aromatic carbocycles. The molecule has 0 atom stereocenters. The summed E-state index contributed by atoms with van der Waals surface area (Å²) in [6, 6.07) is 7.00. The van der Waals surface area contributed by atoms with E-state index in [1.807, 2.05) is 6.07 Å². The van der Waals surface area contributed by atoms with Crippen molar-refractivity contribution in [3.8, 4) is 0 Å². The number of benzene rings is 1. The van der Waals surface area contributed by atoms with Crippen LogP contribution in [0.25, 0.3) is 10.9 Å². The van der Waals surface area contributed by atoms with Gasteiger partial charge in [-0.1, -0.05) is 31.5 Å². The molecule has 1 fully saturated rings. The third-order valence-corrected chi connectivity index (χ3v) is 4.27. The molecular weight excluding hydrogens is 268 g/mol. The molecule has 0 bridgehead atoms. The SMILES string of the molecule is CC(C)CCn1cc(CNC2CC2)c2ccc(Cl)cc21. The van der Waals surface area contributed by atoms with Gasteiger partial charge in [0, 0.05) is 41.3 Å². The zero-order valence-corrected chi connectivity index (χ0v) is 13.1. The minimum absolute atomic E-state index is 0.722. The first-order valence-electron chi connectivity index (χ1n) is 7.64. The fourth-order valence-corrected chi connectivity index (χ4v) is 2.77. The summed E-state index contributed by atoms with van der Waals surface area (Å²) in [5.41, 5.74) is 2.66. The number of hydrogen-bond donors (Lipinski definition) is 1. The summed E-state index contributed by atoms with van der Waals surface area (Å²) in [5, 5.41) is 5.77. The Hall–Kier alpha value is -0.990. The van der Waals surface area contributed by atoms with E-state index in [0.29, 0.717) is 0 Å². The van der Waals surface area contributed by atoms with Gasteiger partial charge in [-0.3, -0.25) is 0 Å². The fraction of sp³-hybridized carbons (Fsp3) is 0.529. The molecule has 0 amide bonds. The third kappa shape index (κ3) is 3.18. The number of nitrogens with one attached hydrogen (secondary N) is 1. The van der Waals surface area contributed by atoms with Crippen LogP contribution in [0.3, 0.4) is 0 Å². The lowest BCUT2D eigenvalue weighted by molar-refractivity contribution is 0.523. The second-order valence-electron chi connectivity index (χ2n) is 6.35. The number of halogens is 1. The molecule has 1 saturated carbocycles. The fourth-order valence-electron chi connectivity index (χ4n) is 2.61. The molecule has 2 aromatic rings. The Morgan fingerprint density at radius 1 is 1.35 bits per heavy atom. The highest BCUT2D eigenvalue weighted by Crippen LogP contribution is 2.27. The molecule has 3 rings (SSSR count). The Morgan fingerprint density at radius 2 is 2.15 bits per heavy atom. The van der Waals surface area contributed by atoms with Crippen molar-refractivity contribution in [1.82, 2.24) is 9.88 Å². The van der Waals surface area contributed by atoms with Gasteiger partial charge in [0.15, 0.2) is 0 Å². The van der Waals surface area contributed by atoms with E-state index in [1.165, 1.54) is 35.7 Å². The Bertz CT molecular complexity index is 596. The zero-order chi connectivity index (χ0) is 14.1. The van der Waals surface area contributed by atoms with Crippen LogP contribution in [0.1, 0.15) is 38.7 Å². The number of fused-ring (bicyclic) bond motifs is 1. The maximum atomic E-state index is 6.17. The molecule has 1 N–H and O–H groups in total. The van der Waals surface area contributed by atoms with Gasteiger partial charge in [0.1, 0.15) is 0 Å². The molecule has 0 spiro atoms. The average Bonchev–Trinajstić information content (AvgIpc) is 3.17. The number of aromatic nitrogens is 1. The molecule has 3 heteroatoms. The summed E-state index contributed by atoms with van der Waals surface area (Å²) in [4.78, 5) is 0. The van der Waals surface area contributed by atoms with Crippen molar-refractivity contribution in [2.45, 2.75) is 52.2 Å². The molecule has 108 valence electrons. The van der Waals surface area contributed by atoms with Crippen molar-refractivity contribution in [2.24, 2.45) is 5.92 Å². The van der Waals surface area contributed by atoms with Gasteiger partial charge in [0.2, 0.25) is 0 Å². The number of hydrogen-bond acceptors (Lipinski definition) is 1. The van der Waals surface area contributed by atoms with Gasteiger partial charge >= 0.3 is 0 Å². The van der Waals surface area contributed by atoms with Crippen LogP contribution in [-0.4, -0.2) is 10.6 Å². The summed E-state index contributed by atoms with van der Waals surface area (Å²) in [6.45, 7) is 6.58. The van der Waals surface area contributed by atoms with Crippen LogP contribution < -0.4 is 5.32 Å². The standard InChI is InChI=1S/C17H23ClN2/c1-12(2)7-8-20-11-13(10-19-15-4-5-15)16-6-3-14(18)9-17(16)20/h3,6,9,11-12,15,19H,4-5,7-8,10H2,1-2H3. The van der Waals surface area contributed by atoms with Gasteiger partial charge in [0.05, 0.1) is 0 Å². The number of aryl methyl sites for hydroxylation is 1. The second kappa shape index (κ2) is 5.79. The number of rotatable bonds is 6. The lowest BCUT2D eigenvalue weighted by atomic mass is 10.1. The molecule has 0 unspecified atom stereocenters. The topological polar surface area (TPSA) is 17.0 Å². The molecule has 2 nitrogen and oxygen atoms in total. The summed E-state index contributed by atoms with van der Waals surface area (Å²) in [7, 11) is 0. The first kappa shape index (κ1) is 14.0. The van der Waals surface area contributed by atoms with Crippen molar-refractivity contribution < 1.29 is 0 Å². The van der Waals surface area contributed by atoms with E-state index in [4.69, 9.17) is 11.6 Å². The monoisotopic (exact) mass is 290 g/mol. The lowest BCUT2D eigenvalue weighted by Crippen LogP contribution is -2.14. The molecular formula is C17H23ClN2. The van der Waals surface area contributed by atoms with Crippen molar-refractivity contribution in [3.05, 3.63) is 35.0 Å². The van der Waals surface area contributed by atoms with E-state index in [9.17, 15) is 0 Å². The van der Waals surface area contributed by atoms with Crippen molar-refractivity contribution >= 4 is 22.5 Å². The minimum atomic E-state index is 0.722. The van der Waals surface area contributed by atoms with Crippen molar-refractivity contribution in [2.75, 3.05) is 0 Å². The van der Waals surface area contributed by atoms with E-state index in [0.717, 1.165) is 30.1 Å². The van der Waals surface area contributed by atoms with Gasteiger partial charge in [0.25, 0.3) is 0 Å². The van der Waals surface area contributed by atoms with Gasteiger partial charge < -0.3 is 9.88 Å². The van der Waals surface area contributed by atoms with E-state index < -0.39 is 0 Å². The largest absolute Gasteiger partial charge is 0.347 e. The lowest BCUT2D eigenvalue weighted by Gasteiger charge is -2.07. The van der Waals surface area contributed by atoms with Crippen molar-refractivity contribution in [1.29, 1.82) is 0 Å². The first-order valence-corrected chi connectivity index (χ1v) is 8.02. The summed E-state index contributed by atoms with van der Waals surface area (Å²) in [6.07, 6.45) is 6.17. The Kier molecular flexibility index (Phi) is 4.04. The normalized spacial score (nSPS) is 15.4. The van der Waals surface area contributed by atoms with Crippen LogP contribution in [0, 0.1) is 5.92 Å². The molecule has 0 radical (unpaired) electrons. The van der Waals surface area contributed by atoms with Gasteiger partial charge in [-0.25, -0.2) is 0 Å². The highest BCUT2D eigenvalue weighted by atomic mass is 35.5. The van der Waals surface area contributed by atoms with E-state index in [-0.39, 0.29) is 0 Å². The maximum absolute atomic E-state index is 6.17. The van der Waals surface area contributed by atoms with E-state index in [1.54, 1.807) is 0 Å². The Morgan fingerprint density at radius 3 is 2.85 bits per heavy atom. The summed E-state index contributed by atoms with van der Waals surface area (Å²) >= 11 is 6.17. The highest BCUT2D eigenvalue weighted by Gasteiger charge is 2.20. The smallest absolute Gasteiger partial charge is 0.0498 e. The van der Waals surface area contributed by atoms with Crippen LogP contribution in [0.2, 0.25) is 5.02 Å². The molecule has 0 saturated heterocycles. The predicted molar refractivity (Wildman–Crippen MR) is 86.3 cm³/mol. The molecule has 1 aliphatic rings. The quantitative estimate of drug-likeness (QED) is 0.823. The van der Waals surface area contributed by atoms with Gasteiger partial charge in [-0.15, -0.1) is 0 Å². The molecule has 20 heavy (non-hydrogen) atoms. The molecule has 1 heterocycles. The van der Waals surface area contributed by atoms with Crippen LogP contribution in [0.15, 0.2) is 24.4 Å². The first-order chi connectivity index (χ1) is 9.63. The van der Waals surface area contributed by atoms with Crippen LogP contribution >= 0.6 is 11.6 Å². The summed E-state index contributed by atoms with van der Waals surface area (Å²) < 4.78 is 2.37. The zero-order valence-electron chi connectivity index (χ0n) is 12.3. The molecule has 1 aliphatic carbocycles. The second-order valence-corrected chi connectivity index (χ2v) is 6.78. The van der Waals surface area contributed by atoms with Gasteiger partial charge in [-0.05, 0) is 42.9 Å². The van der Waals surface area contributed by atoms with Crippen LogP contribution in [0.4, 0.5) is 0 Å². The van der Waals surface area contributed by atoms with Crippen molar-refractivity contribution in [3.63, 3.8) is 0 Å². The van der Waals surface area contributed by atoms with E-state index >= 15 is 0 Å². The van der Waals surface area contributed by atoms with Crippen LogP contribution in [0.5, 0.6) is 0 Å². The predicted octanol–water partition coefficient (Wildman–Crippen LogP) is 4.59. The molecule has 0 aliphatic heterocycles. The van der Waals surface area contributed by atoms with E-state index in [2.05, 4.69) is 42.1 Å². The van der Waals surface area contributed by atoms with Gasteiger partial charge in [-0.2, -0.15) is 0 Å². The Labute approximate surface area is 126 Å². The number of nitrogens with zero attached hydrogens (tertiary/aromatic N) is 1. The van der Waals surface area contributed by atoms with Crippen LogP contribution in [-0.2, 0) is 13.1 Å². The average molecular weight is 291 g/mol.